The molecule has 0 bridgehead atoms. The van der Waals surface area contributed by atoms with Crippen molar-refractivity contribution in [3.63, 3.8) is 0 Å². The van der Waals surface area contributed by atoms with Crippen molar-refractivity contribution in [3.8, 4) is 5.75 Å². The summed E-state index contributed by atoms with van der Waals surface area (Å²) in [5.74, 6) is 2.11. The minimum Gasteiger partial charge on any atom is -0.492 e. The van der Waals surface area contributed by atoms with Crippen LogP contribution in [0.2, 0.25) is 0 Å². The number of hydrogen-bond donors (Lipinski definition) is 2. The van der Waals surface area contributed by atoms with Crippen LogP contribution in [0.3, 0.4) is 0 Å². The Morgan fingerprint density at radius 3 is 2.81 bits per heavy atom. The van der Waals surface area contributed by atoms with Crippen LogP contribution in [-0.2, 0) is 0 Å². The fourth-order valence-corrected chi connectivity index (χ4v) is 2.05. The maximum absolute atomic E-state index is 5.61. The van der Waals surface area contributed by atoms with Crippen molar-refractivity contribution in [2.45, 2.75) is 20.3 Å². The largest absolute Gasteiger partial charge is 0.492 e. The minimum absolute atomic E-state index is 0.608. The van der Waals surface area contributed by atoms with E-state index in [4.69, 9.17) is 4.74 Å². The molecule has 5 nitrogen and oxygen atoms in total. The second-order valence-corrected chi connectivity index (χ2v) is 5.23. The third-order valence-corrected chi connectivity index (χ3v) is 3.30. The Hall–Kier alpha value is -1.82. The van der Waals surface area contributed by atoms with Gasteiger partial charge in [-0.2, -0.15) is 4.98 Å². The summed E-state index contributed by atoms with van der Waals surface area (Å²) in [5, 5.41) is 6.45. The van der Waals surface area contributed by atoms with E-state index in [1.165, 1.54) is 0 Å². The van der Waals surface area contributed by atoms with Crippen molar-refractivity contribution < 1.29 is 4.74 Å². The highest BCUT2D eigenvalue weighted by molar-refractivity contribution is 9.10. The number of ether oxygens (including phenoxy) is 1. The number of nitrogens with one attached hydrogen (secondary N) is 2. The van der Waals surface area contributed by atoms with Crippen molar-refractivity contribution >= 4 is 33.4 Å². The van der Waals surface area contributed by atoms with E-state index in [0.29, 0.717) is 18.4 Å². The Bertz CT molecular complexity index is 592. The lowest BCUT2D eigenvalue weighted by Gasteiger charge is -2.13. The molecule has 0 aliphatic rings. The quantitative estimate of drug-likeness (QED) is 0.783. The van der Waals surface area contributed by atoms with Crippen molar-refractivity contribution in [1.82, 2.24) is 9.97 Å². The van der Waals surface area contributed by atoms with Gasteiger partial charge in [0.1, 0.15) is 11.6 Å². The fourth-order valence-electron chi connectivity index (χ4n) is 1.76. The third kappa shape index (κ3) is 4.32. The van der Waals surface area contributed by atoms with Crippen LogP contribution in [0.5, 0.6) is 5.75 Å². The minimum atomic E-state index is 0.608. The Morgan fingerprint density at radius 2 is 2.05 bits per heavy atom. The van der Waals surface area contributed by atoms with Gasteiger partial charge in [-0.15, -0.1) is 0 Å². The lowest BCUT2D eigenvalue weighted by molar-refractivity contribution is 0.342. The van der Waals surface area contributed by atoms with Gasteiger partial charge in [-0.05, 0) is 41.4 Å². The molecule has 0 atom stereocenters. The zero-order valence-electron chi connectivity index (χ0n) is 12.2. The van der Waals surface area contributed by atoms with E-state index < -0.39 is 0 Å². The molecule has 0 saturated heterocycles. The molecule has 0 unspecified atom stereocenters. The first-order valence-electron chi connectivity index (χ1n) is 6.99. The molecule has 1 heterocycles. The van der Waals surface area contributed by atoms with Crippen LogP contribution in [0.15, 0.2) is 34.9 Å². The summed E-state index contributed by atoms with van der Waals surface area (Å²) in [6.45, 7) is 5.52. The molecule has 1 aromatic carbocycles. The molecule has 0 spiro atoms. The summed E-state index contributed by atoms with van der Waals surface area (Å²) in [6, 6.07) is 7.78. The van der Waals surface area contributed by atoms with Gasteiger partial charge >= 0.3 is 0 Å². The van der Waals surface area contributed by atoms with Gasteiger partial charge in [-0.1, -0.05) is 19.1 Å². The van der Waals surface area contributed by atoms with Crippen LogP contribution < -0.4 is 15.4 Å². The average Bonchev–Trinajstić information content (AvgIpc) is 2.50. The topological polar surface area (TPSA) is 59.1 Å². The molecule has 2 rings (SSSR count). The molecule has 1 aromatic heterocycles. The van der Waals surface area contributed by atoms with Gasteiger partial charge in [0.05, 0.1) is 16.8 Å². The molecule has 2 aromatic rings. The van der Waals surface area contributed by atoms with Crippen molar-refractivity contribution in [2.24, 2.45) is 0 Å². The smallest absolute Gasteiger partial charge is 0.224 e. The summed E-state index contributed by atoms with van der Waals surface area (Å²) in [6.07, 6.45) is 2.76. The number of aromatic nitrogens is 2. The summed E-state index contributed by atoms with van der Waals surface area (Å²) < 4.78 is 6.41. The second kappa shape index (κ2) is 7.83. The maximum atomic E-state index is 5.61. The number of rotatable bonds is 7. The zero-order chi connectivity index (χ0) is 15.1. The van der Waals surface area contributed by atoms with Gasteiger partial charge in [-0.25, -0.2) is 4.98 Å². The van der Waals surface area contributed by atoms with Crippen molar-refractivity contribution in [2.75, 3.05) is 23.8 Å². The molecule has 2 N–H and O–H groups in total. The van der Waals surface area contributed by atoms with E-state index in [1.54, 1.807) is 6.20 Å². The molecule has 0 aliphatic heterocycles. The Labute approximate surface area is 133 Å². The van der Waals surface area contributed by atoms with Crippen molar-refractivity contribution in [3.05, 3.63) is 34.9 Å². The summed E-state index contributed by atoms with van der Waals surface area (Å²) in [5.41, 5.74) is 0.875. The Morgan fingerprint density at radius 1 is 1.24 bits per heavy atom. The summed E-state index contributed by atoms with van der Waals surface area (Å²) >= 11 is 3.46. The van der Waals surface area contributed by atoms with E-state index in [0.717, 1.165) is 28.9 Å². The van der Waals surface area contributed by atoms with Gasteiger partial charge in [0.25, 0.3) is 0 Å². The maximum Gasteiger partial charge on any atom is 0.224 e. The zero-order valence-corrected chi connectivity index (χ0v) is 13.8. The van der Waals surface area contributed by atoms with Crippen molar-refractivity contribution in [1.29, 1.82) is 0 Å². The first-order valence-corrected chi connectivity index (χ1v) is 7.79. The standard InChI is InChI=1S/C15H19BrN4O/c1-3-9-17-15-18-10-11(16)14(20-15)19-12-7-5-6-8-13(12)21-4-2/h5-8,10H,3-4,9H2,1-2H3,(H2,17,18,19,20). The number of halogens is 1. The third-order valence-electron chi connectivity index (χ3n) is 2.72. The van der Waals surface area contributed by atoms with E-state index in [-0.39, 0.29) is 0 Å². The number of hydrogen-bond acceptors (Lipinski definition) is 5. The summed E-state index contributed by atoms with van der Waals surface area (Å²) in [7, 11) is 0. The average molecular weight is 351 g/mol. The first kappa shape index (κ1) is 15.6. The lowest BCUT2D eigenvalue weighted by Crippen LogP contribution is -2.06. The first-order chi connectivity index (χ1) is 10.2. The lowest BCUT2D eigenvalue weighted by atomic mass is 10.3. The predicted molar refractivity (Wildman–Crippen MR) is 89.4 cm³/mol. The highest BCUT2D eigenvalue weighted by atomic mass is 79.9. The SMILES string of the molecule is CCCNc1ncc(Br)c(Nc2ccccc2OCC)n1. The molecule has 112 valence electrons. The molecule has 0 fully saturated rings. The molecule has 0 amide bonds. The van der Waals surface area contributed by atoms with Crippen LogP contribution in [-0.4, -0.2) is 23.1 Å². The summed E-state index contributed by atoms with van der Waals surface area (Å²) in [4.78, 5) is 8.71. The highest BCUT2D eigenvalue weighted by Gasteiger charge is 2.08. The molecule has 0 radical (unpaired) electrons. The molecular formula is C15H19BrN4O. The number of benzene rings is 1. The Balaban J connectivity index is 2.22. The van der Waals surface area contributed by atoms with Crippen LogP contribution in [0.1, 0.15) is 20.3 Å². The van der Waals surface area contributed by atoms with Crippen LogP contribution in [0.4, 0.5) is 17.5 Å². The Kier molecular flexibility index (Phi) is 5.80. The second-order valence-electron chi connectivity index (χ2n) is 4.37. The van der Waals surface area contributed by atoms with Gasteiger partial charge in [0, 0.05) is 12.7 Å². The van der Waals surface area contributed by atoms with Crippen LogP contribution in [0.25, 0.3) is 0 Å². The van der Waals surface area contributed by atoms with E-state index in [9.17, 15) is 0 Å². The molecule has 0 saturated carbocycles. The van der Waals surface area contributed by atoms with Gasteiger partial charge in [0.2, 0.25) is 5.95 Å². The predicted octanol–water partition coefficient (Wildman–Crippen LogP) is 4.20. The molecule has 6 heteroatoms. The van der Waals surface area contributed by atoms with Gasteiger partial charge < -0.3 is 15.4 Å². The van der Waals surface area contributed by atoms with Crippen LogP contribution >= 0.6 is 15.9 Å². The van der Waals surface area contributed by atoms with E-state index in [2.05, 4.69) is 43.5 Å². The van der Waals surface area contributed by atoms with E-state index >= 15 is 0 Å². The van der Waals surface area contributed by atoms with E-state index in [1.807, 2.05) is 31.2 Å². The van der Waals surface area contributed by atoms with Gasteiger partial charge in [-0.3, -0.25) is 0 Å². The number of nitrogens with zero attached hydrogens (tertiary/aromatic N) is 2. The number of para-hydroxylation sites is 2. The normalized spacial score (nSPS) is 10.2. The molecular weight excluding hydrogens is 332 g/mol. The molecule has 21 heavy (non-hydrogen) atoms. The number of anilines is 3. The van der Waals surface area contributed by atoms with Gasteiger partial charge in [0.15, 0.2) is 0 Å². The highest BCUT2D eigenvalue weighted by Crippen LogP contribution is 2.30. The van der Waals surface area contributed by atoms with Crippen LogP contribution in [0, 0.1) is 0 Å². The fraction of sp³-hybridized carbons (Fsp3) is 0.333. The molecule has 0 aliphatic carbocycles. The monoisotopic (exact) mass is 350 g/mol.